The van der Waals surface area contributed by atoms with Gasteiger partial charge in [-0.1, -0.05) is 39.7 Å². The minimum atomic E-state index is 0.539. The summed E-state index contributed by atoms with van der Waals surface area (Å²) in [4.78, 5) is 0. The van der Waals surface area contributed by atoms with Crippen LogP contribution in [0.3, 0.4) is 0 Å². The van der Waals surface area contributed by atoms with Gasteiger partial charge in [0, 0.05) is 4.47 Å². The van der Waals surface area contributed by atoms with Gasteiger partial charge in [0.15, 0.2) is 0 Å². The molecule has 4 heteroatoms. The Balaban J connectivity index is 2.31. The molecule has 0 amide bonds. The van der Waals surface area contributed by atoms with E-state index >= 15 is 0 Å². The number of halogens is 2. The molecule has 2 N–H and O–H groups in total. The summed E-state index contributed by atoms with van der Waals surface area (Å²) in [6.07, 6.45) is 0. The Morgan fingerprint density at radius 2 is 1.81 bits per heavy atom. The zero-order chi connectivity index (χ0) is 11.5. The van der Waals surface area contributed by atoms with Gasteiger partial charge in [-0.05, 0) is 30.3 Å². The predicted octanol–water partition coefficient (Wildman–Crippen LogP) is 4.48. The number of hydrogen-bond acceptors (Lipinski definition) is 2. The van der Waals surface area contributed by atoms with Gasteiger partial charge in [-0.15, -0.1) is 0 Å². The molecule has 0 heterocycles. The molecule has 0 aliphatic heterocycles. The molecular weight excluding hydrogens is 289 g/mol. The quantitative estimate of drug-likeness (QED) is 0.830. The number of nitrogen functional groups attached to an aromatic ring is 1. The van der Waals surface area contributed by atoms with Crippen molar-refractivity contribution in [2.45, 2.75) is 0 Å². The molecule has 0 aliphatic rings. The second-order valence-electron chi connectivity index (χ2n) is 3.21. The van der Waals surface area contributed by atoms with Crippen LogP contribution in [0.15, 0.2) is 46.9 Å². The average Bonchev–Trinajstić information content (AvgIpc) is 2.25. The summed E-state index contributed by atoms with van der Waals surface area (Å²) in [6, 6.07) is 12.7. The smallest absolute Gasteiger partial charge is 0.150 e. The number of ether oxygens (including phenoxy) is 1. The van der Waals surface area contributed by atoms with E-state index in [1.54, 1.807) is 24.3 Å². The molecule has 2 aromatic carbocycles. The standard InChI is InChI=1S/C12H9BrClNO/c13-8-5-6-11(9(14)7-8)16-12-4-2-1-3-10(12)15/h1-7H,15H2. The van der Waals surface area contributed by atoms with Crippen LogP contribution in [0.5, 0.6) is 11.5 Å². The lowest BCUT2D eigenvalue weighted by atomic mass is 10.3. The van der Waals surface area contributed by atoms with Gasteiger partial charge >= 0.3 is 0 Å². The SMILES string of the molecule is Nc1ccccc1Oc1ccc(Br)cc1Cl. The monoisotopic (exact) mass is 297 g/mol. The maximum Gasteiger partial charge on any atom is 0.150 e. The second kappa shape index (κ2) is 4.76. The Bertz CT molecular complexity index is 516. The Hall–Kier alpha value is -1.19. The first kappa shape index (κ1) is 11.3. The van der Waals surface area contributed by atoms with E-state index in [9.17, 15) is 0 Å². The van der Waals surface area contributed by atoms with Crippen molar-refractivity contribution in [3.63, 3.8) is 0 Å². The molecule has 2 nitrogen and oxygen atoms in total. The normalized spacial score (nSPS) is 10.1. The van der Waals surface area contributed by atoms with E-state index in [4.69, 9.17) is 22.1 Å². The minimum Gasteiger partial charge on any atom is -0.454 e. The van der Waals surface area contributed by atoms with Gasteiger partial charge in [0.25, 0.3) is 0 Å². The Labute approximate surface area is 107 Å². The maximum absolute atomic E-state index is 6.04. The lowest BCUT2D eigenvalue weighted by Gasteiger charge is -2.09. The third kappa shape index (κ3) is 2.49. The highest BCUT2D eigenvalue weighted by Crippen LogP contribution is 2.33. The van der Waals surface area contributed by atoms with Crippen LogP contribution < -0.4 is 10.5 Å². The van der Waals surface area contributed by atoms with Crippen LogP contribution in [0.1, 0.15) is 0 Å². The largest absolute Gasteiger partial charge is 0.454 e. The summed E-state index contributed by atoms with van der Waals surface area (Å²) in [5.41, 5.74) is 6.36. The van der Waals surface area contributed by atoms with Gasteiger partial charge < -0.3 is 10.5 Å². The number of para-hydroxylation sites is 2. The lowest BCUT2D eigenvalue weighted by Crippen LogP contribution is -1.91. The third-order valence-corrected chi connectivity index (χ3v) is 2.82. The van der Waals surface area contributed by atoms with E-state index in [1.165, 1.54) is 0 Å². The summed E-state index contributed by atoms with van der Waals surface area (Å²) in [7, 11) is 0. The molecule has 0 radical (unpaired) electrons. The van der Waals surface area contributed by atoms with E-state index < -0.39 is 0 Å². The van der Waals surface area contributed by atoms with Crippen molar-refractivity contribution >= 4 is 33.2 Å². The minimum absolute atomic E-state index is 0.539. The summed E-state index contributed by atoms with van der Waals surface area (Å²) in [5.74, 6) is 1.19. The molecule has 0 aromatic heterocycles. The fourth-order valence-electron chi connectivity index (χ4n) is 1.25. The fraction of sp³-hybridized carbons (Fsp3) is 0. The highest BCUT2D eigenvalue weighted by atomic mass is 79.9. The van der Waals surface area contributed by atoms with Crippen LogP contribution in [0.25, 0.3) is 0 Å². The molecule has 0 spiro atoms. The number of nitrogens with two attached hydrogens (primary N) is 1. The summed E-state index contributed by atoms with van der Waals surface area (Å²) in [5, 5.41) is 0.539. The Morgan fingerprint density at radius 1 is 1.06 bits per heavy atom. The van der Waals surface area contributed by atoms with Crippen LogP contribution in [0.2, 0.25) is 5.02 Å². The molecule has 2 rings (SSSR count). The topological polar surface area (TPSA) is 35.2 Å². The van der Waals surface area contributed by atoms with Crippen LogP contribution in [-0.2, 0) is 0 Å². The molecule has 82 valence electrons. The van der Waals surface area contributed by atoms with Gasteiger partial charge in [0.2, 0.25) is 0 Å². The van der Waals surface area contributed by atoms with Crippen molar-refractivity contribution in [2.75, 3.05) is 5.73 Å². The molecule has 16 heavy (non-hydrogen) atoms. The molecule has 0 saturated heterocycles. The predicted molar refractivity (Wildman–Crippen MR) is 70.1 cm³/mol. The van der Waals surface area contributed by atoms with E-state index in [0.29, 0.717) is 22.2 Å². The van der Waals surface area contributed by atoms with Crippen LogP contribution >= 0.6 is 27.5 Å². The van der Waals surface area contributed by atoms with Crippen molar-refractivity contribution in [2.24, 2.45) is 0 Å². The first-order valence-electron chi connectivity index (χ1n) is 4.64. The molecule has 0 saturated carbocycles. The zero-order valence-electron chi connectivity index (χ0n) is 8.28. The van der Waals surface area contributed by atoms with Crippen molar-refractivity contribution in [1.29, 1.82) is 0 Å². The average molecular weight is 299 g/mol. The van der Waals surface area contributed by atoms with Gasteiger partial charge in [0.1, 0.15) is 11.5 Å². The van der Waals surface area contributed by atoms with Crippen molar-refractivity contribution in [3.05, 3.63) is 52.0 Å². The molecular formula is C12H9BrClNO. The molecule has 2 aromatic rings. The van der Waals surface area contributed by atoms with Crippen LogP contribution in [-0.4, -0.2) is 0 Å². The van der Waals surface area contributed by atoms with E-state index in [0.717, 1.165) is 4.47 Å². The zero-order valence-corrected chi connectivity index (χ0v) is 10.6. The van der Waals surface area contributed by atoms with Gasteiger partial charge in [-0.25, -0.2) is 0 Å². The molecule has 0 unspecified atom stereocenters. The summed E-state index contributed by atoms with van der Waals surface area (Å²) >= 11 is 9.37. The number of hydrogen-bond donors (Lipinski definition) is 1. The molecule has 0 bridgehead atoms. The van der Waals surface area contributed by atoms with Crippen molar-refractivity contribution < 1.29 is 4.74 Å². The van der Waals surface area contributed by atoms with E-state index in [2.05, 4.69) is 15.9 Å². The highest BCUT2D eigenvalue weighted by molar-refractivity contribution is 9.10. The van der Waals surface area contributed by atoms with Gasteiger partial charge in [-0.2, -0.15) is 0 Å². The van der Waals surface area contributed by atoms with E-state index in [1.807, 2.05) is 18.2 Å². The van der Waals surface area contributed by atoms with Crippen LogP contribution in [0.4, 0.5) is 5.69 Å². The van der Waals surface area contributed by atoms with Gasteiger partial charge in [0.05, 0.1) is 10.7 Å². The Morgan fingerprint density at radius 3 is 2.50 bits per heavy atom. The fourth-order valence-corrected chi connectivity index (χ4v) is 1.96. The molecule has 0 aliphatic carbocycles. The maximum atomic E-state index is 6.04. The number of benzene rings is 2. The number of anilines is 1. The highest BCUT2D eigenvalue weighted by Gasteiger charge is 2.05. The number of rotatable bonds is 2. The Kier molecular flexibility index (Phi) is 3.36. The third-order valence-electron chi connectivity index (χ3n) is 2.03. The summed E-state index contributed by atoms with van der Waals surface area (Å²) < 4.78 is 6.53. The lowest BCUT2D eigenvalue weighted by molar-refractivity contribution is 0.485. The van der Waals surface area contributed by atoms with Crippen molar-refractivity contribution in [1.82, 2.24) is 0 Å². The van der Waals surface area contributed by atoms with Crippen LogP contribution in [0, 0.1) is 0 Å². The van der Waals surface area contributed by atoms with E-state index in [-0.39, 0.29) is 0 Å². The second-order valence-corrected chi connectivity index (χ2v) is 4.54. The van der Waals surface area contributed by atoms with Gasteiger partial charge in [-0.3, -0.25) is 0 Å². The molecule has 0 fully saturated rings. The first-order chi connectivity index (χ1) is 7.66. The molecule has 0 atom stereocenters. The summed E-state index contributed by atoms with van der Waals surface area (Å²) in [6.45, 7) is 0. The van der Waals surface area contributed by atoms with Crippen molar-refractivity contribution in [3.8, 4) is 11.5 Å². The first-order valence-corrected chi connectivity index (χ1v) is 5.81.